The summed E-state index contributed by atoms with van der Waals surface area (Å²) in [7, 11) is 4.83. The van der Waals surface area contributed by atoms with Crippen molar-refractivity contribution in [3.63, 3.8) is 0 Å². The number of nitrogens with one attached hydrogen (secondary N) is 1. The molecule has 0 radical (unpaired) electrons. The topological polar surface area (TPSA) is 82.8 Å². The number of hydrogen-bond donors (Lipinski definition) is 1. The molecule has 30 heavy (non-hydrogen) atoms. The fourth-order valence-corrected chi connectivity index (χ4v) is 3.03. The molecule has 0 atom stereocenters. The molecule has 0 unspecified atom stereocenters. The zero-order chi connectivity index (χ0) is 21.3. The van der Waals surface area contributed by atoms with Crippen LogP contribution in [0.4, 0.5) is 0 Å². The highest BCUT2D eigenvalue weighted by atomic mass is 16.5. The van der Waals surface area contributed by atoms with Gasteiger partial charge in [0.2, 0.25) is 5.91 Å². The Labute approximate surface area is 176 Å². The molecule has 1 N–H and O–H groups in total. The number of aromatic nitrogens is 1. The average molecular weight is 410 g/mol. The van der Waals surface area contributed by atoms with E-state index in [-0.39, 0.29) is 5.91 Å². The van der Waals surface area contributed by atoms with E-state index in [9.17, 15) is 4.79 Å². The normalized spacial score (nSPS) is 10.5. The van der Waals surface area contributed by atoms with Crippen molar-refractivity contribution < 1.29 is 23.4 Å². The number of benzene rings is 2. The van der Waals surface area contributed by atoms with Crippen molar-refractivity contribution >= 4 is 5.91 Å². The molecule has 1 amide bonds. The molecule has 1 heterocycles. The van der Waals surface area contributed by atoms with E-state index in [1.165, 1.54) is 0 Å². The Morgan fingerprint density at radius 1 is 1.00 bits per heavy atom. The van der Waals surface area contributed by atoms with Crippen molar-refractivity contribution in [1.29, 1.82) is 0 Å². The van der Waals surface area contributed by atoms with Gasteiger partial charge in [0.15, 0.2) is 23.1 Å². The Balaban J connectivity index is 1.45. The third-order valence-electron chi connectivity index (χ3n) is 4.66. The number of aryl methyl sites for hydroxylation is 1. The summed E-state index contributed by atoms with van der Waals surface area (Å²) in [6, 6.07) is 13.3. The molecule has 0 fully saturated rings. The molecule has 3 aromatic rings. The van der Waals surface area contributed by atoms with Gasteiger partial charge in [-0.25, -0.2) is 4.98 Å². The highest BCUT2D eigenvalue weighted by Crippen LogP contribution is 2.27. The van der Waals surface area contributed by atoms with Gasteiger partial charge in [-0.1, -0.05) is 18.2 Å². The maximum Gasteiger partial charge on any atom is 0.220 e. The van der Waals surface area contributed by atoms with Gasteiger partial charge in [0.05, 0.1) is 27.5 Å². The van der Waals surface area contributed by atoms with Gasteiger partial charge in [-0.3, -0.25) is 4.79 Å². The minimum absolute atomic E-state index is 0.0448. The van der Waals surface area contributed by atoms with Gasteiger partial charge in [-0.2, -0.15) is 0 Å². The summed E-state index contributed by atoms with van der Waals surface area (Å²) < 4.78 is 21.5. The summed E-state index contributed by atoms with van der Waals surface area (Å²) in [5.74, 6) is 3.25. The van der Waals surface area contributed by atoms with Gasteiger partial charge < -0.3 is 23.9 Å². The first-order valence-corrected chi connectivity index (χ1v) is 9.69. The number of amides is 1. The van der Waals surface area contributed by atoms with Crippen LogP contribution in [-0.2, 0) is 17.6 Å². The van der Waals surface area contributed by atoms with Crippen LogP contribution in [0.5, 0.6) is 17.2 Å². The molecule has 0 aliphatic rings. The Kier molecular flexibility index (Phi) is 7.32. The monoisotopic (exact) mass is 410 g/mol. The zero-order valence-electron chi connectivity index (χ0n) is 17.4. The standard InChI is InChI=1S/C23H26N2O5/c1-27-18-6-4-5-17(14-18)21-15-25-23(30-21)10-9-22(26)24-12-11-16-7-8-19(28-2)20(13-16)29-3/h4-8,13-15H,9-12H2,1-3H3,(H,24,26). The van der Waals surface area contributed by atoms with Gasteiger partial charge >= 0.3 is 0 Å². The Morgan fingerprint density at radius 3 is 2.60 bits per heavy atom. The molecular weight excluding hydrogens is 384 g/mol. The number of carbonyl (C=O) groups excluding carboxylic acids is 1. The zero-order valence-corrected chi connectivity index (χ0v) is 17.4. The van der Waals surface area contributed by atoms with Crippen molar-refractivity contribution in [2.45, 2.75) is 19.3 Å². The third kappa shape index (κ3) is 5.53. The van der Waals surface area contributed by atoms with Crippen molar-refractivity contribution in [3.05, 3.63) is 60.1 Å². The number of oxazole rings is 1. The summed E-state index contributed by atoms with van der Waals surface area (Å²) >= 11 is 0. The quantitative estimate of drug-likeness (QED) is 0.549. The summed E-state index contributed by atoms with van der Waals surface area (Å²) in [6.45, 7) is 0.537. The lowest BCUT2D eigenvalue weighted by Crippen LogP contribution is -2.25. The Hall–Kier alpha value is -3.48. The molecule has 0 saturated heterocycles. The molecule has 7 nitrogen and oxygen atoms in total. The first kappa shape index (κ1) is 21.2. The first-order valence-electron chi connectivity index (χ1n) is 9.69. The molecule has 0 aliphatic heterocycles. The summed E-state index contributed by atoms with van der Waals surface area (Å²) in [4.78, 5) is 16.4. The van der Waals surface area contributed by atoms with Crippen molar-refractivity contribution in [2.75, 3.05) is 27.9 Å². The van der Waals surface area contributed by atoms with Crippen LogP contribution in [0.2, 0.25) is 0 Å². The minimum Gasteiger partial charge on any atom is -0.497 e. The molecule has 0 bridgehead atoms. The van der Waals surface area contributed by atoms with Crippen LogP contribution in [0.3, 0.4) is 0 Å². The number of hydrogen-bond acceptors (Lipinski definition) is 6. The largest absolute Gasteiger partial charge is 0.497 e. The average Bonchev–Trinajstić information content (AvgIpc) is 3.26. The lowest BCUT2D eigenvalue weighted by Gasteiger charge is -2.10. The van der Waals surface area contributed by atoms with Gasteiger partial charge in [0.25, 0.3) is 0 Å². The highest BCUT2D eigenvalue weighted by molar-refractivity contribution is 5.76. The van der Waals surface area contributed by atoms with Gasteiger partial charge in [0.1, 0.15) is 5.75 Å². The lowest BCUT2D eigenvalue weighted by molar-refractivity contribution is -0.121. The Morgan fingerprint density at radius 2 is 1.83 bits per heavy atom. The van der Waals surface area contributed by atoms with Crippen molar-refractivity contribution in [3.8, 4) is 28.6 Å². The first-order chi connectivity index (χ1) is 14.6. The molecule has 2 aromatic carbocycles. The molecular formula is C23H26N2O5. The highest BCUT2D eigenvalue weighted by Gasteiger charge is 2.10. The third-order valence-corrected chi connectivity index (χ3v) is 4.66. The number of ether oxygens (including phenoxy) is 3. The molecule has 3 rings (SSSR count). The number of nitrogens with zero attached hydrogens (tertiary/aromatic N) is 1. The SMILES string of the molecule is COc1cccc(-c2cnc(CCC(=O)NCCc3ccc(OC)c(OC)c3)o2)c1. The van der Waals surface area contributed by atoms with E-state index in [0.717, 1.165) is 16.9 Å². The summed E-state index contributed by atoms with van der Waals surface area (Å²) in [6.07, 6.45) is 3.11. The molecule has 1 aromatic heterocycles. The van der Waals surface area contributed by atoms with E-state index in [4.69, 9.17) is 18.6 Å². The number of rotatable bonds is 10. The van der Waals surface area contributed by atoms with E-state index in [2.05, 4.69) is 10.3 Å². The number of carbonyl (C=O) groups is 1. The van der Waals surface area contributed by atoms with Crippen molar-refractivity contribution in [1.82, 2.24) is 10.3 Å². The minimum atomic E-state index is -0.0448. The molecule has 7 heteroatoms. The smallest absolute Gasteiger partial charge is 0.220 e. The van der Waals surface area contributed by atoms with Crippen LogP contribution in [0.25, 0.3) is 11.3 Å². The number of methoxy groups -OCH3 is 3. The van der Waals surface area contributed by atoms with Gasteiger partial charge in [-0.05, 0) is 36.2 Å². The van der Waals surface area contributed by atoms with E-state index in [0.29, 0.717) is 49.0 Å². The molecule has 0 aliphatic carbocycles. The fraction of sp³-hybridized carbons (Fsp3) is 0.304. The second-order valence-corrected chi connectivity index (χ2v) is 6.64. The molecule has 158 valence electrons. The van der Waals surface area contributed by atoms with Crippen LogP contribution < -0.4 is 19.5 Å². The fourth-order valence-electron chi connectivity index (χ4n) is 3.03. The van der Waals surface area contributed by atoms with Crippen LogP contribution in [0.1, 0.15) is 17.9 Å². The van der Waals surface area contributed by atoms with E-state index in [1.807, 2.05) is 42.5 Å². The molecule has 0 saturated carbocycles. The van der Waals surface area contributed by atoms with Gasteiger partial charge in [0, 0.05) is 24.9 Å². The second-order valence-electron chi connectivity index (χ2n) is 6.64. The van der Waals surface area contributed by atoms with E-state index < -0.39 is 0 Å². The Bertz CT molecular complexity index is 983. The summed E-state index contributed by atoms with van der Waals surface area (Å²) in [5, 5.41) is 2.92. The predicted molar refractivity (Wildman–Crippen MR) is 113 cm³/mol. The van der Waals surface area contributed by atoms with E-state index >= 15 is 0 Å². The second kappa shape index (κ2) is 10.3. The van der Waals surface area contributed by atoms with Crippen LogP contribution >= 0.6 is 0 Å². The maximum absolute atomic E-state index is 12.1. The van der Waals surface area contributed by atoms with Crippen LogP contribution in [0, 0.1) is 0 Å². The summed E-state index contributed by atoms with van der Waals surface area (Å²) in [5.41, 5.74) is 1.94. The maximum atomic E-state index is 12.1. The molecule has 0 spiro atoms. The van der Waals surface area contributed by atoms with Crippen molar-refractivity contribution in [2.24, 2.45) is 0 Å². The lowest BCUT2D eigenvalue weighted by atomic mass is 10.1. The van der Waals surface area contributed by atoms with E-state index in [1.54, 1.807) is 27.5 Å². The van der Waals surface area contributed by atoms with Gasteiger partial charge in [-0.15, -0.1) is 0 Å². The predicted octanol–water partition coefficient (Wildman–Crippen LogP) is 3.66. The van der Waals surface area contributed by atoms with Crippen LogP contribution in [0.15, 0.2) is 53.1 Å². The van der Waals surface area contributed by atoms with Crippen LogP contribution in [-0.4, -0.2) is 38.8 Å².